The summed E-state index contributed by atoms with van der Waals surface area (Å²) in [4.78, 5) is 13.8. The second kappa shape index (κ2) is 6.96. The molecule has 1 fully saturated rings. The highest BCUT2D eigenvalue weighted by atomic mass is 16.5. The van der Waals surface area contributed by atoms with Crippen molar-refractivity contribution < 1.29 is 9.53 Å². The second-order valence-electron chi connectivity index (χ2n) is 4.80. The normalized spacial score (nSPS) is 18.4. The molecule has 0 spiro atoms. The summed E-state index contributed by atoms with van der Waals surface area (Å²) in [6.45, 7) is 8.63. The zero-order chi connectivity index (χ0) is 14.4. The van der Waals surface area contributed by atoms with Gasteiger partial charge in [0.15, 0.2) is 0 Å². The van der Waals surface area contributed by atoms with Crippen molar-refractivity contribution in [1.29, 1.82) is 0 Å². The van der Waals surface area contributed by atoms with E-state index in [2.05, 4.69) is 29.0 Å². The van der Waals surface area contributed by atoms with E-state index in [1.807, 2.05) is 24.3 Å². The third-order valence-electron chi connectivity index (χ3n) is 3.14. The number of benzene rings is 1. The minimum absolute atomic E-state index is 0.224. The predicted octanol–water partition coefficient (Wildman–Crippen LogP) is 2.22. The van der Waals surface area contributed by atoms with E-state index < -0.39 is 0 Å². The van der Waals surface area contributed by atoms with Crippen molar-refractivity contribution in [3.63, 3.8) is 0 Å². The van der Waals surface area contributed by atoms with E-state index in [1.54, 1.807) is 6.08 Å². The summed E-state index contributed by atoms with van der Waals surface area (Å²) in [7, 11) is 0. The number of morpholine rings is 1. The number of rotatable bonds is 4. The first-order chi connectivity index (χ1) is 9.69. The zero-order valence-electron chi connectivity index (χ0n) is 11.8. The lowest BCUT2D eigenvalue weighted by Crippen LogP contribution is -2.41. The van der Waals surface area contributed by atoms with Gasteiger partial charge in [0.05, 0.1) is 12.7 Å². The number of hydrogen-bond acceptors (Lipinski definition) is 3. The van der Waals surface area contributed by atoms with Crippen LogP contribution in [0.25, 0.3) is 0 Å². The van der Waals surface area contributed by atoms with Crippen LogP contribution < -0.4 is 15.5 Å². The minimum Gasteiger partial charge on any atom is -0.375 e. The Labute approximate surface area is 119 Å². The molecule has 0 bridgehead atoms. The van der Waals surface area contributed by atoms with Crippen LogP contribution in [0.3, 0.4) is 0 Å². The Balaban J connectivity index is 1.92. The molecule has 20 heavy (non-hydrogen) atoms. The molecule has 2 rings (SSSR count). The Kier molecular flexibility index (Phi) is 5.01. The molecule has 0 aliphatic carbocycles. The maximum atomic E-state index is 11.5. The number of urea groups is 1. The van der Waals surface area contributed by atoms with E-state index in [1.165, 1.54) is 0 Å². The summed E-state index contributed by atoms with van der Waals surface area (Å²) >= 11 is 0. The van der Waals surface area contributed by atoms with Gasteiger partial charge in [-0.05, 0) is 31.2 Å². The number of nitrogens with zero attached hydrogens (tertiary/aromatic N) is 1. The molecule has 0 aromatic heterocycles. The van der Waals surface area contributed by atoms with Crippen molar-refractivity contribution >= 4 is 17.4 Å². The Morgan fingerprint density at radius 3 is 2.90 bits per heavy atom. The Hall–Kier alpha value is -2.01. The van der Waals surface area contributed by atoms with Crippen LogP contribution >= 0.6 is 0 Å². The fraction of sp³-hybridized carbons (Fsp3) is 0.400. The quantitative estimate of drug-likeness (QED) is 0.828. The fourth-order valence-corrected chi connectivity index (χ4v) is 2.15. The van der Waals surface area contributed by atoms with Gasteiger partial charge in [-0.15, -0.1) is 6.58 Å². The molecule has 108 valence electrons. The molecule has 1 heterocycles. The number of nitrogens with one attached hydrogen (secondary N) is 2. The topological polar surface area (TPSA) is 53.6 Å². The van der Waals surface area contributed by atoms with Crippen molar-refractivity contribution in [3.8, 4) is 0 Å². The lowest BCUT2D eigenvalue weighted by atomic mass is 10.2. The van der Waals surface area contributed by atoms with Crippen LogP contribution in [-0.2, 0) is 4.74 Å². The minimum atomic E-state index is -0.224. The van der Waals surface area contributed by atoms with Gasteiger partial charge in [0.2, 0.25) is 0 Å². The van der Waals surface area contributed by atoms with E-state index in [0.29, 0.717) is 6.54 Å². The van der Waals surface area contributed by atoms with Crippen molar-refractivity contribution in [2.45, 2.75) is 13.0 Å². The van der Waals surface area contributed by atoms with Crippen molar-refractivity contribution in [2.75, 3.05) is 36.5 Å². The summed E-state index contributed by atoms with van der Waals surface area (Å²) in [6.07, 6.45) is 1.90. The third-order valence-corrected chi connectivity index (χ3v) is 3.14. The summed E-state index contributed by atoms with van der Waals surface area (Å²) in [5.74, 6) is 0. The first-order valence-electron chi connectivity index (χ1n) is 6.81. The third kappa shape index (κ3) is 3.99. The maximum Gasteiger partial charge on any atom is 0.319 e. The van der Waals surface area contributed by atoms with Crippen molar-refractivity contribution in [2.24, 2.45) is 0 Å². The van der Waals surface area contributed by atoms with Crippen LogP contribution in [0.5, 0.6) is 0 Å². The van der Waals surface area contributed by atoms with Gasteiger partial charge in [-0.25, -0.2) is 4.79 Å². The highest BCUT2D eigenvalue weighted by Gasteiger charge is 2.16. The zero-order valence-corrected chi connectivity index (χ0v) is 11.8. The molecule has 1 aliphatic heterocycles. The van der Waals surface area contributed by atoms with Gasteiger partial charge in [0, 0.05) is 31.0 Å². The highest BCUT2D eigenvalue weighted by molar-refractivity contribution is 5.89. The van der Waals surface area contributed by atoms with Gasteiger partial charge in [-0.2, -0.15) is 0 Å². The number of anilines is 2. The van der Waals surface area contributed by atoms with Gasteiger partial charge in [-0.1, -0.05) is 6.08 Å². The first kappa shape index (κ1) is 14.4. The molecular formula is C15H21N3O2. The Morgan fingerprint density at radius 2 is 2.25 bits per heavy atom. The predicted molar refractivity (Wildman–Crippen MR) is 81.3 cm³/mol. The van der Waals surface area contributed by atoms with Crippen molar-refractivity contribution in [3.05, 3.63) is 36.9 Å². The molecule has 5 nitrogen and oxygen atoms in total. The van der Waals surface area contributed by atoms with Crippen LogP contribution in [0.4, 0.5) is 16.2 Å². The summed E-state index contributed by atoms with van der Waals surface area (Å²) < 4.78 is 5.53. The maximum absolute atomic E-state index is 11.5. The van der Waals surface area contributed by atoms with Crippen LogP contribution in [0.2, 0.25) is 0 Å². The van der Waals surface area contributed by atoms with E-state index in [4.69, 9.17) is 4.74 Å². The second-order valence-corrected chi connectivity index (χ2v) is 4.80. The fourth-order valence-electron chi connectivity index (χ4n) is 2.15. The van der Waals surface area contributed by atoms with Gasteiger partial charge < -0.3 is 20.3 Å². The van der Waals surface area contributed by atoms with Gasteiger partial charge in [0.1, 0.15) is 0 Å². The molecule has 2 amide bonds. The molecular weight excluding hydrogens is 254 g/mol. The highest BCUT2D eigenvalue weighted by Crippen LogP contribution is 2.20. The number of ether oxygens (including phenoxy) is 1. The lowest BCUT2D eigenvalue weighted by Gasteiger charge is -2.33. The summed E-state index contributed by atoms with van der Waals surface area (Å²) in [5, 5.41) is 5.44. The van der Waals surface area contributed by atoms with Crippen molar-refractivity contribution in [1.82, 2.24) is 5.32 Å². The van der Waals surface area contributed by atoms with Gasteiger partial charge >= 0.3 is 6.03 Å². The van der Waals surface area contributed by atoms with Gasteiger partial charge in [-0.3, -0.25) is 0 Å². The average molecular weight is 275 g/mol. The van der Waals surface area contributed by atoms with Gasteiger partial charge in [0.25, 0.3) is 0 Å². The number of amides is 2. The molecule has 1 saturated heterocycles. The van der Waals surface area contributed by atoms with Crippen LogP contribution in [0, 0.1) is 0 Å². The van der Waals surface area contributed by atoms with E-state index in [9.17, 15) is 4.79 Å². The average Bonchev–Trinajstić information content (AvgIpc) is 2.46. The lowest BCUT2D eigenvalue weighted by molar-refractivity contribution is 0.0532. The summed E-state index contributed by atoms with van der Waals surface area (Å²) in [5.41, 5.74) is 1.92. The molecule has 1 atom stereocenters. The molecule has 5 heteroatoms. The largest absolute Gasteiger partial charge is 0.375 e. The van der Waals surface area contributed by atoms with Crippen LogP contribution in [0.15, 0.2) is 36.9 Å². The van der Waals surface area contributed by atoms with E-state index in [-0.39, 0.29) is 12.1 Å². The van der Waals surface area contributed by atoms with Crippen LogP contribution in [0.1, 0.15) is 6.92 Å². The van der Waals surface area contributed by atoms with E-state index >= 15 is 0 Å². The summed E-state index contributed by atoms with van der Waals surface area (Å²) in [6, 6.07) is 7.62. The molecule has 1 aliphatic rings. The van der Waals surface area contributed by atoms with Crippen LogP contribution in [-0.4, -0.2) is 38.4 Å². The smallest absolute Gasteiger partial charge is 0.319 e. The molecule has 0 saturated carbocycles. The molecule has 0 radical (unpaired) electrons. The number of carbonyl (C=O) groups is 1. The number of hydrogen-bond donors (Lipinski definition) is 2. The number of carbonyl (C=O) groups excluding carboxylic acids is 1. The first-order valence-corrected chi connectivity index (χ1v) is 6.81. The molecule has 0 unspecified atom stereocenters. The Morgan fingerprint density at radius 1 is 1.50 bits per heavy atom. The van der Waals surface area contributed by atoms with E-state index in [0.717, 1.165) is 31.1 Å². The standard InChI is InChI=1S/C15H21N3O2/c1-3-8-16-15(19)17-13-4-6-14(7-5-13)18-9-10-20-12(2)11-18/h3-7,12H,1,8-11H2,2H3,(H2,16,17,19)/t12-/m0/s1. The SMILES string of the molecule is C=CCNC(=O)Nc1ccc(N2CCO[C@@H](C)C2)cc1. The molecule has 1 aromatic rings. The monoisotopic (exact) mass is 275 g/mol. The molecule has 1 aromatic carbocycles. The Bertz CT molecular complexity index is 459. The molecule has 2 N–H and O–H groups in total.